The highest BCUT2D eigenvalue weighted by Gasteiger charge is 2.37. The van der Waals surface area contributed by atoms with Crippen molar-refractivity contribution in [3.05, 3.63) is 29.3 Å². The Balaban J connectivity index is 2.06. The molecule has 0 spiro atoms. The van der Waals surface area contributed by atoms with Crippen LogP contribution in [-0.4, -0.2) is 13.7 Å². The second kappa shape index (κ2) is 3.53. The second-order valence-corrected chi connectivity index (χ2v) is 4.49. The lowest BCUT2D eigenvalue weighted by Gasteiger charge is -2.27. The van der Waals surface area contributed by atoms with Crippen LogP contribution in [0.2, 0.25) is 0 Å². The van der Waals surface area contributed by atoms with Gasteiger partial charge in [-0.2, -0.15) is 0 Å². The van der Waals surface area contributed by atoms with E-state index in [0.29, 0.717) is 5.92 Å². The van der Waals surface area contributed by atoms with Crippen LogP contribution in [0.5, 0.6) is 5.75 Å². The van der Waals surface area contributed by atoms with Crippen molar-refractivity contribution < 1.29 is 9.47 Å². The lowest BCUT2D eigenvalue weighted by atomic mass is 9.88. The maximum atomic E-state index is 5.65. The van der Waals surface area contributed by atoms with Gasteiger partial charge < -0.3 is 9.47 Å². The van der Waals surface area contributed by atoms with E-state index in [-0.39, 0.29) is 0 Å². The summed E-state index contributed by atoms with van der Waals surface area (Å²) in [6.07, 6.45) is 2.71. The fourth-order valence-electron chi connectivity index (χ4n) is 2.56. The molecular formula is C13H16O2. The van der Waals surface area contributed by atoms with Crippen LogP contribution in [0.25, 0.3) is 0 Å². The van der Waals surface area contributed by atoms with Crippen LogP contribution in [0, 0.1) is 5.92 Å². The first-order valence-corrected chi connectivity index (χ1v) is 5.63. The summed E-state index contributed by atoms with van der Waals surface area (Å²) in [5, 5.41) is 0. The summed E-state index contributed by atoms with van der Waals surface area (Å²) in [7, 11) is 1.76. The maximum Gasteiger partial charge on any atom is 0.122 e. The normalized spacial score (nSPS) is 24.7. The first kappa shape index (κ1) is 9.22. The van der Waals surface area contributed by atoms with E-state index in [1.807, 2.05) is 0 Å². The third kappa shape index (κ3) is 1.53. The van der Waals surface area contributed by atoms with Crippen molar-refractivity contribution in [3.63, 3.8) is 0 Å². The van der Waals surface area contributed by atoms with Crippen LogP contribution < -0.4 is 4.74 Å². The molecule has 1 aliphatic carbocycles. The van der Waals surface area contributed by atoms with Gasteiger partial charge in [-0.05, 0) is 30.4 Å². The molecule has 0 N–H and O–H groups in total. The molecule has 1 aromatic carbocycles. The van der Waals surface area contributed by atoms with Crippen molar-refractivity contribution in [2.75, 3.05) is 13.7 Å². The molecule has 1 aliphatic heterocycles. The molecule has 2 nitrogen and oxygen atoms in total. The molecule has 1 atom stereocenters. The van der Waals surface area contributed by atoms with Crippen LogP contribution in [0.1, 0.15) is 29.9 Å². The summed E-state index contributed by atoms with van der Waals surface area (Å²) in [5.41, 5.74) is 2.73. The van der Waals surface area contributed by atoms with Crippen LogP contribution in [-0.2, 0) is 11.3 Å². The number of hydrogen-bond acceptors (Lipinski definition) is 2. The monoisotopic (exact) mass is 204 g/mol. The van der Waals surface area contributed by atoms with Gasteiger partial charge in [0.1, 0.15) is 5.75 Å². The van der Waals surface area contributed by atoms with Gasteiger partial charge in [-0.15, -0.1) is 0 Å². The largest absolute Gasteiger partial charge is 0.496 e. The fraction of sp³-hybridized carbons (Fsp3) is 0.538. The summed E-state index contributed by atoms with van der Waals surface area (Å²) < 4.78 is 11.1. The average molecular weight is 204 g/mol. The first-order valence-electron chi connectivity index (χ1n) is 5.63. The summed E-state index contributed by atoms with van der Waals surface area (Å²) in [6.45, 7) is 1.62. The molecule has 0 saturated heterocycles. The van der Waals surface area contributed by atoms with E-state index in [0.717, 1.165) is 24.9 Å². The van der Waals surface area contributed by atoms with Crippen LogP contribution >= 0.6 is 0 Å². The Labute approximate surface area is 90.2 Å². The average Bonchev–Trinajstić information content (AvgIpc) is 3.11. The van der Waals surface area contributed by atoms with Crippen molar-refractivity contribution in [3.8, 4) is 5.75 Å². The van der Waals surface area contributed by atoms with E-state index in [1.165, 1.54) is 24.0 Å². The van der Waals surface area contributed by atoms with Crippen LogP contribution in [0.3, 0.4) is 0 Å². The third-order valence-corrected chi connectivity index (χ3v) is 3.49. The van der Waals surface area contributed by atoms with Crippen molar-refractivity contribution in [1.82, 2.24) is 0 Å². The Hall–Kier alpha value is -1.02. The summed E-state index contributed by atoms with van der Waals surface area (Å²) in [5.74, 6) is 2.46. The molecule has 0 aromatic heterocycles. The molecule has 3 rings (SSSR count). The lowest BCUT2D eigenvalue weighted by Crippen LogP contribution is -2.19. The number of hydrogen-bond donors (Lipinski definition) is 0. The van der Waals surface area contributed by atoms with Gasteiger partial charge in [-0.25, -0.2) is 0 Å². The number of ether oxygens (including phenoxy) is 2. The van der Waals surface area contributed by atoms with Crippen molar-refractivity contribution in [1.29, 1.82) is 0 Å². The summed E-state index contributed by atoms with van der Waals surface area (Å²) in [6, 6.07) is 6.28. The SMILES string of the molecule is COc1cccc2c1C(C1CC1)COC2. The molecule has 2 aliphatic rings. The predicted octanol–water partition coefficient (Wildman–Crippen LogP) is 2.72. The van der Waals surface area contributed by atoms with Gasteiger partial charge in [0.15, 0.2) is 0 Å². The zero-order valence-electron chi connectivity index (χ0n) is 9.03. The van der Waals surface area contributed by atoms with Gasteiger partial charge in [0, 0.05) is 11.5 Å². The smallest absolute Gasteiger partial charge is 0.122 e. The Morgan fingerprint density at radius 1 is 1.33 bits per heavy atom. The van der Waals surface area contributed by atoms with E-state index in [1.54, 1.807) is 7.11 Å². The van der Waals surface area contributed by atoms with Gasteiger partial charge in [-0.1, -0.05) is 12.1 Å². The second-order valence-electron chi connectivity index (χ2n) is 4.49. The van der Waals surface area contributed by atoms with E-state index in [2.05, 4.69) is 18.2 Å². The van der Waals surface area contributed by atoms with Gasteiger partial charge >= 0.3 is 0 Å². The molecule has 0 radical (unpaired) electrons. The zero-order chi connectivity index (χ0) is 10.3. The molecule has 1 unspecified atom stereocenters. The lowest BCUT2D eigenvalue weighted by molar-refractivity contribution is 0.0842. The molecule has 2 heteroatoms. The van der Waals surface area contributed by atoms with E-state index in [9.17, 15) is 0 Å². The van der Waals surface area contributed by atoms with E-state index >= 15 is 0 Å². The summed E-state index contributed by atoms with van der Waals surface area (Å²) in [4.78, 5) is 0. The molecule has 1 aromatic rings. The molecule has 0 bridgehead atoms. The van der Waals surface area contributed by atoms with Crippen LogP contribution in [0.4, 0.5) is 0 Å². The minimum absolute atomic E-state index is 0.574. The highest BCUT2D eigenvalue weighted by atomic mass is 16.5. The Bertz CT molecular complexity index is 355. The van der Waals surface area contributed by atoms with Crippen LogP contribution in [0.15, 0.2) is 18.2 Å². The molecule has 1 saturated carbocycles. The molecule has 15 heavy (non-hydrogen) atoms. The quantitative estimate of drug-likeness (QED) is 0.737. The number of benzene rings is 1. The standard InChI is InChI=1S/C13H16O2/c1-14-12-4-2-3-10-7-15-8-11(13(10)12)9-5-6-9/h2-4,9,11H,5-8H2,1H3. The predicted molar refractivity (Wildman–Crippen MR) is 58.1 cm³/mol. The van der Waals surface area contributed by atoms with Crippen molar-refractivity contribution in [2.24, 2.45) is 5.92 Å². The molecular weight excluding hydrogens is 188 g/mol. The highest BCUT2D eigenvalue weighted by molar-refractivity contribution is 5.44. The van der Waals surface area contributed by atoms with E-state index < -0.39 is 0 Å². The Kier molecular flexibility index (Phi) is 2.17. The molecule has 1 fully saturated rings. The third-order valence-electron chi connectivity index (χ3n) is 3.49. The maximum absolute atomic E-state index is 5.65. The zero-order valence-corrected chi connectivity index (χ0v) is 9.03. The van der Waals surface area contributed by atoms with Crippen molar-refractivity contribution in [2.45, 2.75) is 25.4 Å². The van der Waals surface area contributed by atoms with E-state index in [4.69, 9.17) is 9.47 Å². The molecule has 1 heterocycles. The Morgan fingerprint density at radius 3 is 2.93 bits per heavy atom. The van der Waals surface area contributed by atoms with Gasteiger partial charge in [0.2, 0.25) is 0 Å². The number of fused-ring (bicyclic) bond motifs is 1. The minimum atomic E-state index is 0.574. The summed E-state index contributed by atoms with van der Waals surface area (Å²) >= 11 is 0. The van der Waals surface area contributed by atoms with Gasteiger partial charge in [-0.3, -0.25) is 0 Å². The number of methoxy groups -OCH3 is 1. The fourth-order valence-corrected chi connectivity index (χ4v) is 2.56. The minimum Gasteiger partial charge on any atom is -0.496 e. The van der Waals surface area contributed by atoms with Crippen molar-refractivity contribution >= 4 is 0 Å². The van der Waals surface area contributed by atoms with Gasteiger partial charge in [0.05, 0.1) is 20.3 Å². The molecule has 80 valence electrons. The number of rotatable bonds is 2. The molecule has 0 amide bonds. The first-order chi connectivity index (χ1) is 7.40. The van der Waals surface area contributed by atoms with Gasteiger partial charge in [0.25, 0.3) is 0 Å². The topological polar surface area (TPSA) is 18.5 Å². The highest BCUT2D eigenvalue weighted by Crippen LogP contribution is 2.48. The Morgan fingerprint density at radius 2 is 2.20 bits per heavy atom.